The van der Waals surface area contributed by atoms with Gasteiger partial charge in [-0.3, -0.25) is 0 Å². The van der Waals surface area contributed by atoms with E-state index in [9.17, 15) is 13.2 Å². The molecule has 0 saturated heterocycles. The number of rotatable bonds is 5. The largest absolute Gasteiger partial charge is 0.477 e. The van der Waals surface area contributed by atoms with E-state index in [0.29, 0.717) is 5.56 Å². The highest BCUT2D eigenvalue weighted by Crippen LogP contribution is 2.29. The molecule has 0 unspecified atom stereocenters. The SMILES string of the molecule is Cc1cc(S(=O)(=O)N(C)Cc2cc(Br)cs2)sc1C(=O)O. The van der Waals surface area contributed by atoms with E-state index in [2.05, 4.69) is 15.9 Å². The van der Waals surface area contributed by atoms with Gasteiger partial charge in [-0.05, 0) is 40.5 Å². The number of nitrogens with zero attached hydrogens (tertiary/aromatic N) is 1. The monoisotopic (exact) mass is 409 g/mol. The number of carboxylic acids is 1. The summed E-state index contributed by atoms with van der Waals surface area (Å²) in [5.41, 5.74) is 0.457. The van der Waals surface area contributed by atoms with Crippen molar-refractivity contribution in [3.05, 3.63) is 37.3 Å². The zero-order chi connectivity index (χ0) is 15.8. The Kier molecular flexibility index (Phi) is 4.89. The molecule has 21 heavy (non-hydrogen) atoms. The van der Waals surface area contributed by atoms with Crippen molar-refractivity contribution >= 4 is 54.6 Å². The minimum Gasteiger partial charge on any atom is -0.477 e. The Bertz CT molecular complexity index is 778. The van der Waals surface area contributed by atoms with Crippen molar-refractivity contribution in [2.75, 3.05) is 7.05 Å². The first-order valence-corrected chi connectivity index (χ1v) is 9.67. The second-order valence-electron chi connectivity index (χ2n) is 4.38. The van der Waals surface area contributed by atoms with Crippen molar-refractivity contribution in [1.82, 2.24) is 4.31 Å². The molecule has 0 bridgehead atoms. The molecule has 0 atom stereocenters. The molecule has 0 saturated carbocycles. The van der Waals surface area contributed by atoms with Crippen molar-refractivity contribution in [1.29, 1.82) is 0 Å². The van der Waals surface area contributed by atoms with E-state index in [4.69, 9.17) is 5.11 Å². The number of carboxylic acid groups (broad SMARTS) is 1. The lowest BCUT2D eigenvalue weighted by atomic mass is 10.3. The Morgan fingerprint density at radius 1 is 1.43 bits per heavy atom. The number of thiophene rings is 2. The number of sulfonamides is 1. The van der Waals surface area contributed by atoms with Crippen molar-refractivity contribution in [2.24, 2.45) is 0 Å². The lowest BCUT2D eigenvalue weighted by molar-refractivity contribution is 0.0701. The molecule has 0 spiro atoms. The highest BCUT2D eigenvalue weighted by atomic mass is 79.9. The molecule has 5 nitrogen and oxygen atoms in total. The van der Waals surface area contributed by atoms with Gasteiger partial charge in [-0.2, -0.15) is 4.31 Å². The van der Waals surface area contributed by atoms with Gasteiger partial charge in [0.25, 0.3) is 10.0 Å². The summed E-state index contributed by atoms with van der Waals surface area (Å²) >= 11 is 5.57. The van der Waals surface area contributed by atoms with E-state index in [1.807, 2.05) is 11.4 Å². The van der Waals surface area contributed by atoms with Crippen LogP contribution < -0.4 is 0 Å². The fraction of sp³-hybridized carbons (Fsp3) is 0.250. The molecule has 1 N–H and O–H groups in total. The van der Waals surface area contributed by atoms with Crippen molar-refractivity contribution in [2.45, 2.75) is 17.7 Å². The summed E-state index contributed by atoms with van der Waals surface area (Å²) in [6.45, 7) is 1.84. The predicted octanol–water partition coefficient (Wildman–Crippen LogP) is 3.40. The third kappa shape index (κ3) is 3.54. The second-order valence-corrected chi connectivity index (χ2v) is 9.61. The van der Waals surface area contributed by atoms with Crippen molar-refractivity contribution < 1.29 is 18.3 Å². The van der Waals surface area contributed by atoms with Gasteiger partial charge in [-0.15, -0.1) is 22.7 Å². The van der Waals surface area contributed by atoms with Gasteiger partial charge in [-0.1, -0.05) is 0 Å². The maximum atomic E-state index is 12.5. The van der Waals surface area contributed by atoms with E-state index in [1.54, 1.807) is 6.92 Å². The van der Waals surface area contributed by atoms with Crippen LogP contribution in [0.1, 0.15) is 20.1 Å². The number of halogens is 1. The molecule has 114 valence electrons. The lowest BCUT2D eigenvalue weighted by Gasteiger charge is -2.14. The number of hydrogen-bond acceptors (Lipinski definition) is 5. The zero-order valence-electron chi connectivity index (χ0n) is 11.2. The summed E-state index contributed by atoms with van der Waals surface area (Å²) in [7, 11) is -2.20. The highest BCUT2D eigenvalue weighted by molar-refractivity contribution is 9.10. The maximum absolute atomic E-state index is 12.5. The maximum Gasteiger partial charge on any atom is 0.346 e. The number of aromatic carboxylic acids is 1. The molecular weight excluding hydrogens is 398 g/mol. The molecule has 0 aliphatic heterocycles. The highest BCUT2D eigenvalue weighted by Gasteiger charge is 2.26. The molecule has 0 aliphatic carbocycles. The van der Waals surface area contributed by atoms with E-state index in [-0.39, 0.29) is 15.6 Å². The summed E-state index contributed by atoms with van der Waals surface area (Å²) in [4.78, 5) is 12.0. The van der Waals surface area contributed by atoms with Gasteiger partial charge in [0.15, 0.2) is 0 Å². The molecule has 0 radical (unpaired) electrons. The molecular formula is C12H12BrNO4S3. The van der Waals surface area contributed by atoms with Crippen LogP contribution in [0, 0.1) is 6.92 Å². The van der Waals surface area contributed by atoms with E-state index in [1.165, 1.54) is 28.8 Å². The first-order valence-electron chi connectivity index (χ1n) is 5.75. The zero-order valence-corrected chi connectivity index (χ0v) is 15.2. The first kappa shape index (κ1) is 16.6. The smallest absolute Gasteiger partial charge is 0.346 e. The predicted molar refractivity (Wildman–Crippen MR) is 86.7 cm³/mol. The number of aryl methyl sites for hydroxylation is 1. The van der Waals surface area contributed by atoms with Gasteiger partial charge in [0.2, 0.25) is 0 Å². The Morgan fingerprint density at radius 3 is 2.57 bits per heavy atom. The average molecular weight is 410 g/mol. The van der Waals surface area contributed by atoms with E-state index < -0.39 is 16.0 Å². The van der Waals surface area contributed by atoms with Crippen LogP contribution in [0.3, 0.4) is 0 Å². The van der Waals surface area contributed by atoms with Crippen molar-refractivity contribution in [3.63, 3.8) is 0 Å². The van der Waals surface area contributed by atoms with Gasteiger partial charge in [0, 0.05) is 28.3 Å². The van der Waals surface area contributed by atoms with Gasteiger partial charge >= 0.3 is 5.97 Å². The third-order valence-corrected chi connectivity index (χ3v) is 7.91. The van der Waals surface area contributed by atoms with E-state index in [0.717, 1.165) is 20.7 Å². The van der Waals surface area contributed by atoms with Crippen molar-refractivity contribution in [3.8, 4) is 0 Å². The second kappa shape index (κ2) is 6.17. The van der Waals surface area contributed by atoms with Gasteiger partial charge in [0.05, 0.1) is 0 Å². The van der Waals surface area contributed by atoms with Crippen LogP contribution in [-0.4, -0.2) is 30.8 Å². The lowest BCUT2D eigenvalue weighted by Crippen LogP contribution is -2.25. The van der Waals surface area contributed by atoms with Crippen LogP contribution in [0.15, 0.2) is 26.2 Å². The van der Waals surface area contributed by atoms with Crippen LogP contribution in [-0.2, 0) is 16.6 Å². The van der Waals surface area contributed by atoms with Crippen LogP contribution in [0.25, 0.3) is 0 Å². The Hall–Kier alpha value is -0.740. The summed E-state index contributed by atoms with van der Waals surface area (Å²) < 4.78 is 27.1. The van der Waals surface area contributed by atoms with E-state index >= 15 is 0 Å². The first-order chi connectivity index (χ1) is 9.71. The molecule has 2 aromatic rings. The summed E-state index contributed by atoms with van der Waals surface area (Å²) in [5, 5.41) is 10.9. The van der Waals surface area contributed by atoms with Crippen LogP contribution >= 0.6 is 38.6 Å². The topological polar surface area (TPSA) is 74.7 Å². The van der Waals surface area contributed by atoms with Crippen LogP contribution in [0.5, 0.6) is 0 Å². The van der Waals surface area contributed by atoms with Gasteiger partial charge in [-0.25, -0.2) is 13.2 Å². The number of hydrogen-bond donors (Lipinski definition) is 1. The van der Waals surface area contributed by atoms with Gasteiger partial charge in [0.1, 0.15) is 9.09 Å². The summed E-state index contributed by atoms with van der Waals surface area (Å²) in [5.74, 6) is -1.11. The Balaban J connectivity index is 2.28. The summed E-state index contributed by atoms with van der Waals surface area (Å²) in [6.07, 6.45) is 0. The molecule has 9 heteroatoms. The average Bonchev–Trinajstić information content (AvgIpc) is 2.95. The molecule has 2 aromatic heterocycles. The quantitative estimate of drug-likeness (QED) is 0.820. The molecule has 0 aromatic carbocycles. The summed E-state index contributed by atoms with van der Waals surface area (Å²) in [6, 6.07) is 3.27. The van der Waals surface area contributed by atoms with Gasteiger partial charge < -0.3 is 5.11 Å². The molecule has 2 rings (SSSR count). The van der Waals surface area contributed by atoms with Crippen LogP contribution in [0.4, 0.5) is 0 Å². The Labute approximate surface area is 139 Å². The Morgan fingerprint density at radius 2 is 2.10 bits per heavy atom. The molecule has 0 fully saturated rings. The minimum absolute atomic E-state index is 0.0514. The molecule has 0 amide bonds. The third-order valence-electron chi connectivity index (χ3n) is 2.75. The minimum atomic E-state index is -3.68. The standard InChI is InChI=1S/C12H12BrNO4S3/c1-7-3-10(20-11(7)12(15)16)21(17,18)14(2)5-9-4-8(13)6-19-9/h3-4,6H,5H2,1-2H3,(H,15,16). The van der Waals surface area contributed by atoms with Crippen LogP contribution in [0.2, 0.25) is 0 Å². The number of carbonyl (C=O) groups is 1. The fourth-order valence-corrected chi connectivity index (χ4v) is 6.01. The normalized spacial score (nSPS) is 12.0. The molecule has 2 heterocycles. The fourth-order valence-electron chi connectivity index (χ4n) is 1.69. The molecule has 0 aliphatic rings.